The van der Waals surface area contributed by atoms with Crippen LogP contribution in [-0.2, 0) is 4.74 Å². The minimum atomic E-state index is -0.0369. The van der Waals surface area contributed by atoms with Crippen molar-refractivity contribution in [1.29, 1.82) is 0 Å². The molecule has 1 rings (SSSR count). The molecule has 0 bridgehead atoms. The van der Waals surface area contributed by atoms with Crippen molar-refractivity contribution >= 4 is 34.5 Å². The van der Waals surface area contributed by atoms with Gasteiger partial charge in [0.15, 0.2) is 0 Å². The highest BCUT2D eigenvalue weighted by atomic mass is 79.9. The zero-order valence-corrected chi connectivity index (χ0v) is 13.3. The molecule has 0 saturated carbocycles. The molecule has 1 amide bonds. The van der Waals surface area contributed by atoms with E-state index in [1.807, 2.05) is 26.0 Å². The lowest BCUT2D eigenvalue weighted by Gasteiger charge is -2.19. The van der Waals surface area contributed by atoms with Gasteiger partial charge in [-0.2, -0.15) is 0 Å². The number of benzene rings is 1. The Kier molecular flexibility index (Phi) is 6.18. The molecule has 0 unspecified atom stereocenters. The SMILES string of the molecule is CC(C)OCCN(C)C(=O)c1cc(S)ccc1Br. The van der Waals surface area contributed by atoms with Crippen LogP contribution in [0.15, 0.2) is 27.6 Å². The Labute approximate surface area is 122 Å². The number of hydrogen-bond acceptors (Lipinski definition) is 3. The predicted molar refractivity (Wildman–Crippen MR) is 79.4 cm³/mol. The van der Waals surface area contributed by atoms with Gasteiger partial charge in [0.25, 0.3) is 5.91 Å². The quantitative estimate of drug-likeness (QED) is 0.839. The van der Waals surface area contributed by atoms with Gasteiger partial charge in [-0.15, -0.1) is 12.6 Å². The molecule has 0 N–H and O–H groups in total. The number of nitrogens with zero attached hydrogens (tertiary/aromatic N) is 1. The lowest BCUT2D eigenvalue weighted by Crippen LogP contribution is -2.31. The Morgan fingerprint density at radius 2 is 2.17 bits per heavy atom. The van der Waals surface area contributed by atoms with E-state index in [2.05, 4.69) is 28.6 Å². The third kappa shape index (κ3) is 4.63. The Bertz CT molecular complexity index is 423. The van der Waals surface area contributed by atoms with Crippen molar-refractivity contribution in [1.82, 2.24) is 4.90 Å². The Morgan fingerprint density at radius 3 is 2.78 bits per heavy atom. The lowest BCUT2D eigenvalue weighted by molar-refractivity contribution is 0.0531. The first-order valence-corrected chi connectivity index (χ1v) is 7.01. The summed E-state index contributed by atoms with van der Waals surface area (Å²) in [6.45, 7) is 5.06. The highest BCUT2D eigenvalue weighted by Crippen LogP contribution is 2.21. The fourth-order valence-electron chi connectivity index (χ4n) is 1.41. The van der Waals surface area contributed by atoms with E-state index in [0.29, 0.717) is 18.7 Å². The van der Waals surface area contributed by atoms with Crippen molar-refractivity contribution in [2.24, 2.45) is 0 Å². The number of carbonyl (C=O) groups excluding carboxylic acids is 1. The molecule has 0 aromatic heterocycles. The number of hydrogen-bond donors (Lipinski definition) is 1. The second-order valence-electron chi connectivity index (χ2n) is 4.31. The van der Waals surface area contributed by atoms with Gasteiger partial charge in [0.05, 0.1) is 18.3 Å². The van der Waals surface area contributed by atoms with Gasteiger partial charge in [0.2, 0.25) is 0 Å². The standard InChI is InChI=1S/C13H18BrNO2S/c1-9(2)17-7-6-15(3)13(16)11-8-10(18)4-5-12(11)14/h4-5,8-9,18H,6-7H2,1-3H3. The smallest absolute Gasteiger partial charge is 0.254 e. The van der Waals surface area contributed by atoms with Gasteiger partial charge >= 0.3 is 0 Å². The molecule has 0 heterocycles. The van der Waals surface area contributed by atoms with Crippen LogP contribution in [0.5, 0.6) is 0 Å². The number of carbonyl (C=O) groups is 1. The molecule has 0 radical (unpaired) electrons. The summed E-state index contributed by atoms with van der Waals surface area (Å²) >= 11 is 7.62. The first-order chi connectivity index (χ1) is 8.41. The van der Waals surface area contributed by atoms with Crippen LogP contribution in [0, 0.1) is 0 Å². The maximum Gasteiger partial charge on any atom is 0.254 e. The van der Waals surface area contributed by atoms with Crippen molar-refractivity contribution in [3.05, 3.63) is 28.2 Å². The molecule has 0 atom stereocenters. The number of ether oxygens (including phenoxy) is 1. The molecule has 3 nitrogen and oxygen atoms in total. The molecule has 1 aromatic carbocycles. The van der Waals surface area contributed by atoms with E-state index in [1.165, 1.54) is 0 Å². The van der Waals surface area contributed by atoms with Crippen LogP contribution in [0.3, 0.4) is 0 Å². The van der Waals surface area contributed by atoms with Crippen LogP contribution >= 0.6 is 28.6 Å². The maximum atomic E-state index is 12.2. The molecule has 5 heteroatoms. The number of likely N-dealkylation sites (N-methyl/N-ethyl adjacent to an activating group) is 1. The van der Waals surface area contributed by atoms with Gasteiger partial charge in [0, 0.05) is 23.0 Å². The summed E-state index contributed by atoms with van der Waals surface area (Å²) in [6, 6.07) is 5.43. The minimum Gasteiger partial charge on any atom is -0.377 e. The molecule has 0 aliphatic carbocycles. The summed E-state index contributed by atoms with van der Waals surface area (Å²) in [4.78, 5) is 14.6. The average molecular weight is 332 g/mol. The van der Waals surface area contributed by atoms with E-state index in [4.69, 9.17) is 4.74 Å². The molecule has 18 heavy (non-hydrogen) atoms. The topological polar surface area (TPSA) is 29.5 Å². The second kappa shape index (κ2) is 7.16. The highest BCUT2D eigenvalue weighted by molar-refractivity contribution is 9.10. The minimum absolute atomic E-state index is 0.0369. The summed E-state index contributed by atoms with van der Waals surface area (Å²) < 4.78 is 6.21. The molecule has 1 aromatic rings. The maximum absolute atomic E-state index is 12.2. The van der Waals surface area contributed by atoms with E-state index in [1.54, 1.807) is 18.0 Å². The van der Waals surface area contributed by atoms with E-state index in [0.717, 1.165) is 9.37 Å². The van der Waals surface area contributed by atoms with Crippen molar-refractivity contribution in [3.63, 3.8) is 0 Å². The van der Waals surface area contributed by atoms with Crippen LogP contribution in [0.1, 0.15) is 24.2 Å². The van der Waals surface area contributed by atoms with Gasteiger partial charge < -0.3 is 9.64 Å². The third-order valence-corrected chi connectivity index (χ3v) is 3.37. The first-order valence-electron chi connectivity index (χ1n) is 5.77. The van der Waals surface area contributed by atoms with Crippen molar-refractivity contribution in [3.8, 4) is 0 Å². The van der Waals surface area contributed by atoms with Crippen LogP contribution in [-0.4, -0.2) is 37.1 Å². The van der Waals surface area contributed by atoms with Gasteiger partial charge in [-0.1, -0.05) is 0 Å². The van der Waals surface area contributed by atoms with Gasteiger partial charge in [-0.25, -0.2) is 0 Å². The number of thiol groups is 1. The molecule has 0 saturated heterocycles. The largest absolute Gasteiger partial charge is 0.377 e. The van der Waals surface area contributed by atoms with Crippen LogP contribution < -0.4 is 0 Å². The van der Waals surface area contributed by atoms with Crippen LogP contribution in [0.2, 0.25) is 0 Å². The summed E-state index contributed by atoms with van der Waals surface area (Å²) in [7, 11) is 1.77. The molecule has 100 valence electrons. The summed E-state index contributed by atoms with van der Waals surface area (Å²) in [5.74, 6) is -0.0369. The monoisotopic (exact) mass is 331 g/mol. The van der Waals surface area contributed by atoms with E-state index in [-0.39, 0.29) is 12.0 Å². The normalized spacial score (nSPS) is 10.8. The predicted octanol–water partition coefficient (Wildman–Crippen LogP) is 3.23. The zero-order valence-electron chi connectivity index (χ0n) is 10.8. The Morgan fingerprint density at radius 1 is 1.50 bits per heavy atom. The fraction of sp³-hybridized carbons (Fsp3) is 0.462. The van der Waals surface area contributed by atoms with E-state index >= 15 is 0 Å². The van der Waals surface area contributed by atoms with Gasteiger partial charge in [0.1, 0.15) is 0 Å². The molecular formula is C13H18BrNO2S. The molecule has 0 aliphatic rings. The summed E-state index contributed by atoms with van der Waals surface area (Å²) in [6.07, 6.45) is 0.181. The lowest BCUT2D eigenvalue weighted by atomic mass is 10.2. The second-order valence-corrected chi connectivity index (χ2v) is 5.68. The van der Waals surface area contributed by atoms with E-state index in [9.17, 15) is 4.79 Å². The number of rotatable bonds is 5. The van der Waals surface area contributed by atoms with Crippen LogP contribution in [0.25, 0.3) is 0 Å². The average Bonchev–Trinajstić information content (AvgIpc) is 2.30. The number of amides is 1. The Balaban J connectivity index is 2.65. The molecule has 0 spiro atoms. The van der Waals surface area contributed by atoms with E-state index < -0.39 is 0 Å². The summed E-state index contributed by atoms with van der Waals surface area (Å²) in [5, 5.41) is 0. The van der Waals surface area contributed by atoms with Crippen molar-refractivity contribution in [2.75, 3.05) is 20.2 Å². The molecular weight excluding hydrogens is 314 g/mol. The third-order valence-electron chi connectivity index (χ3n) is 2.40. The van der Waals surface area contributed by atoms with Gasteiger partial charge in [-0.3, -0.25) is 4.79 Å². The Hall–Kier alpha value is -0.520. The highest BCUT2D eigenvalue weighted by Gasteiger charge is 2.15. The first kappa shape index (κ1) is 15.5. The molecule has 0 aliphatic heterocycles. The molecule has 0 fully saturated rings. The fourth-order valence-corrected chi connectivity index (χ4v) is 2.03. The number of halogens is 1. The zero-order chi connectivity index (χ0) is 13.7. The van der Waals surface area contributed by atoms with Gasteiger partial charge in [-0.05, 0) is 48.0 Å². The van der Waals surface area contributed by atoms with Crippen molar-refractivity contribution < 1.29 is 9.53 Å². The van der Waals surface area contributed by atoms with Crippen LogP contribution in [0.4, 0.5) is 0 Å². The van der Waals surface area contributed by atoms with Crippen molar-refractivity contribution in [2.45, 2.75) is 24.8 Å². The summed E-state index contributed by atoms with van der Waals surface area (Å²) in [5.41, 5.74) is 0.620.